The Morgan fingerprint density at radius 3 is 2.78 bits per heavy atom. The maximum atomic E-state index is 5.13. The number of ether oxygens (including phenoxy) is 2. The maximum Gasteiger partial charge on any atom is 0.102 e. The van der Waals surface area contributed by atoms with Gasteiger partial charge >= 0.3 is 0 Å². The van der Waals surface area contributed by atoms with Crippen molar-refractivity contribution in [2.45, 2.75) is 13.0 Å². The van der Waals surface area contributed by atoms with E-state index in [1.165, 1.54) is 6.26 Å². The molecular formula is C7H12O2. The molecule has 1 atom stereocenters. The van der Waals surface area contributed by atoms with Crippen molar-refractivity contribution in [2.75, 3.05) is 13.2 Å². The molecule has 1 unspecified atom stereocenters. The lowest BCUT2D eigenvalue weighted by atomic mass is 10.0. The minimum atomic E-state index is 0.274. The third-order valence-electron chi connectivity index (χ3n) is 1.64. The summed E-state index contributed by atoms with van der Waals surface area (Å²) < 4.78 is 10.1. The number of rotatable bonds is 3. The van der Waals surface area contributed by atoms with Gasteiger partial charge in [-0.05, 0) is 6.92 Å². The molecule has 1 fully saturated rings. The first-order valence-corrected chi connectivity index (χ1v) is 3.18. The Morgan fingerprint density at radius 1 is 1.78 bits per heavy atom. The molecule has 0 aliphatic carbocycles. The smallest absolute Gasteiger partial charge is 0.102 e. The van der Waals surface area contributed by atoms with Gasteiger partial charge in [-0.15, -0.1) is 0 Å². The molecule has 0 aromatic rings. The summed E-state index contributed by atoms with van der Waals surface area (Å²) in [4.78, 5) is 0. The van der Waals surface area contributed by atoms with Crippen LogP contribution in [0.2, 0.25) is 0 Å². The van der Waals surface area contributed by atoms with Crippen molar-refractivity contribution >= 4 is 0 Å². The first-order chi connectivity index (χ1) is 4.34. The fourth-order valence-corrected chi connectivity index (χ4v) is 0.788. The van der Waals surface area contributed by atoms with Gasteiger partial charge < -0.3 is 9.47 Å². The van der Waals surface area contributed by atoms with Crippen molar-refractivity contribution in [2.24, 2.45) is 5.92 Å². The van der Waals surface area contributed by atoms with E-state index in [1.807, 2.05) is 6.92 Å². The highest BCUT2D eigenvalue weighted by molar-refractivity contribution is 4.73. The minimum Gasteiger partial charge on any atom is -0.498 e. The van der Waals surface area contributed by atoms with Crippen LogP contribution in [-0.2, 0) is 9.47 Å². The van der Waals surface area contributed by atoms with Gasteiger partial charge in [0.15, 0.2) is 0 Å². The summed E-state index contributed by atoms with van der Waals surface area (Å²) in [6, 6.07) is 0. The van der Waals surface area contributed by atoms with E-state index in [0.717, 1.165) is 13.2 Å². The molecule has 2 nitrogen and oxygen atoms in total. The highest BCUT2D eigenvalue weighted by atomic mass is 16.5. The van der Waals surface area contributed by atoms with E-state index >= 15 is 0 Å². The minimum absolute atomic E-state index is 0.274. The van der Waals surface area contributed by atoms with Crippen molar-refractivity contribution in [3.05, 3.63) is 12.8 Å². The topological polar surface area (TPSA) is 18.5 Å². The van der Waals surface area contributed by atoms with Crippen molar-refractivity contribution in [1.29, 1.82) is 0 Å². The zero-order valence-corrected chi connectivity index (χ0v) is 5.67. The molecule has 0 amide bonds. The fourth-order valence-electron chi connectivity index (χ4n) is 0.788. The molecule has 0 spiro atoms. The second-order valence-corrected chi connectivity index (χ2v) is 2.31. The van der Waals surface area contributed by atoms with Crippen LogP contribution in [-0.4, -0.2) is 19.3 Å². The second-order valence-electron chi connectivity index (χ2n) is 2.31. The van der Waals surface area contributed by atoms with Crippen LogP contribution in [0.4, 0.5) is 0 Å². The van der Waals surface area contributed by atoms with Gasteiger partial charge in [0.2, 0.25) is 0 Å². The van der Waals surface area contributed by atoms with E-state index in [0.29, 0.717) is 5.92 Å². The number of hydrogen-bond donors (Lipinski definition) is 0. The Balaban J connectivity index is 2.15. The Labute approximate surface area is 55.5 Å². The molecule has 0 N–H and O–H groups in total. The third kappa shape index (κ3) is 1.45. The maximum absolute atomic E-state index is 5.13. The monoisotopic (exact) mass is 128 g/mol. The summed E-state index contributed by atoms with van der Waals surface area (Å²) in [6.07, 6.45) is 1.76. The molecule has 0 aromatic heterocycles. The van der Waals surface area contributed by atoms with E-state index in [1.54, 1.807) is 0 Å². The first-order valence-electron chi connectivity index (χ1n) is 3.18. The van der Waals surface area contributed by atoms with Crippen molar-refractivity contribution in [3.8, 4) is 0 Å². The zero-order valence-electron chi connectivity index (χ0n) is 5.67. The van der Waals surface area contributed by atoms with E-state index in [-0.39, 0.29) is 6.10 Å². The van der Waals surface area contributed by atoms with Gasteiger partial charge in [-0.2, -0.15) is 0 Å². The lowest BCUT2D eigenvalue weighted by molar-refractivity contribution is -0.0881. The average Bonchev–Trinajstić information content (AvgIpc) is 1.60. The normalized spacial score (nSPS) is 22.3. The van der Waals surface area contributed by atoms with Crippen LogP contribution >= 0.6 is 0 Å². The van der Waals surface area contributed by atoms with Gasteiger partial charge in [0, 0.05) is 5.92 Å². The highest BCUT2D eigenvalue weighted by Gasteiger charge is 2.25. The predicted octanol–water partition coefficient (Wildman–Crippen LogP) is 1.18. The first kappa shape index (κ1) is 6.62. The van der Waals surface area contributed by atoms with Crippen molar-refractivity contribution in [1.82, 2.24) is 0 Å². The van der Waals surface area contributed by atoms with Crippen LogP contribution < -0.4 is 0 Å². The molecular weight excluding hydrogens is 116 g/mol. The van der Waals surface area contributed by atoms with Gasteiger partial charge in [0.25, 0.3) is 0 Å². The molecule has 9 heavy (non-hydrogen) atoms. The van der Waals surface area contributed by atoms with Crippen molar-refractivity contribution in [3.63, 3.8) is 0 Å². The molecule has 1 aliphatic heterocycles. The molecule has 0 saturated carbocycles. The summed E-state index contributed by atoms with van der Waals surface area (Å²) in [6.45, 7) is 7.20. The molecule has 1 saturated heterocycles. The second kappa shape index (κ2) is 2.87. The molecule has 0 bridgehead atoms. The van der Waals surface area contributed by atoms with E-state index < -0.39 is 0 Å². The summed E-state index contributed by atoms with van der Waals surface area (Å²) in [7, 11) is 0. The van der Waals surface area contributed by atoms with E-state index in [4.69, 9.17) is 9.47 Å². The van der Waals surface area contributed by atoms with Crippen LogP contribution in [0.1, 0.15) is 6.92 Å². The van der Waals surface area contributed by atoms with E-state index in [9.17, 15) is 0 Å². The molecule has 0 radical (unpaired) electrons. The summed E-state index contributed by atoms with van der Waals surface area (Å²) in [5.41, 5.74) is 0. The fraction of sp³-hybridized carbons (Fsp3) is 0.714. The lowest BCUT2D eigenvalue weighted by Gasteiger charge is -2.30. The Hall–Kier alpha value is -0.500. The van der Waals surface area contributed by atoms with Gasteiger partial charge in [-0.3, -0.25) is 0 Å². The zero-order chi connectivity index (χ0) is 6.69. The standard InChI is InChI=1S/C7H12O2/c1-3-9-6(2)7-4-8-5-7/h3,6-7H,1,4-5H2,2H3. The summed E-state index contributed by atoms with van der Waals surface area (Å²) in [5, 5.41) is 0. The highest BCUT2D eigenvalue weighted by Crippen LogP contribution is 2.16. The molecule has 1 heterocycles. The molecule has 1 aliphatic rings. The molecule has 1 rings (SSSR count). The predicted molar refractivity (Wildman–Crippen MR) is 35.1 cm³/mol. The Bertz CT molecular complexity index is 97.1. The Kier molecular flexibility index (Phi) is 2.11. The number of hydrogen-bond acceptors (Lipinski definition) is 2. The molecule has 52 valence electrons. The quantitative estimate of drug-likeness (QED) is 0.531. The van der Waals surface area contributed by atoms with E-state index in [2.05, 4.69) is 6.58 Å². The Morgan fingerprint density at radius 2 is 2.44 bits per heavy atom. The van der Waals surface area contributed by atoms with Gasteiger partial charge in [-0.25, -0.2) is 0 Å². The van der Waals surface area contributed by atoms with Crippen LogP contribution in [0.25, 0.3) is 0 Å². The summed E-state index contributed by atoms with van der Waals surface area (Å²) in [5.74, 6) is 0.586. The van der Waals surface area contributed by atoms with Crippen LogP contribution in [0.5, 0.6) is 0 Å². The van der Waals surface area contributed by atoms with Gasteiger partial charge in [0.1, 0.15) is 6.10 Å². The lowest BCUT2D eigenvalue weighted by Crippen LogP contribution is -2.36. The van der Waals surface area contributed by atoms with Crippen LogP contribution in [0, 0.1) is 5.92 Å². The average molecular weight is 128 g/mol. The van der Waals surface area contributed by atoms with Crippen LogP contribution in [0.15, 0.2) is 12.8 Å². The summed E-state index contributed by atoms with van der Waals surface area (Å²) >= 11 is 0. The van der Waals surface area contributed by atoms with Crippen molar-refractivity contribution < 1.29 is 9.47 Å². The molecule has 2 heteroatoms. The third-order valence-corrected chi connectivity index (χ3v) is 1.64. The van der Waals surface area contributed by atoms with Gasteiger partial charge in [-0.1, -0.05) is 6.58 Å². The SMILES string of the molecule is C=COC(C)C1COC1. The van der Waals surface area contributed by atoms with Crippen LogP contribution in [0.3, 0.4) is 0 Å². The largest absolute Gasteiger partial charge is 0.498 e. The molecule has 0 aromatic carbocycles. The van der Waals surface area contributed by atoms with Gasteiger partial charge in [0.05, 0.1) is 19.5 Å².